The number of H-pyrrole nitrogens is 1. The van der Waals surface area contributed by atoms with Gasteiger partial charge in [0.05, 0.1) is 30.5 Å². The molecule has 0 atom stereocenters. The van der Waals surface area contributed by atoms with Crippen LogP contribution in [0.3, 0.4) is 0 Å². The Hall–Kier alpha value is -3.34. The first-order chi connectivity index (χ1) is 17.0. The Balaban J connectivity index is 1.30. The van der Waals surface area contributed by atoms with Gasteiger partial charge >= 0.3 is 0 Å². The van der Waals surface area contributed by atoms with Gasteiger partial charge in [-0.15, -0.1) is 11.3 Å². The zero-order chi connectivity index (χ0) is 24.4. The molecule has 35 heavy (non-hydrogen) atoms. The second-order valence-electron chi connectivity index (χ2n) is 8.96. The van der Waals surface area contributed by atoms with Crippen LogP contribution in [-0.4, -0.2) is 57.3 Å². The third-order valence-corrected chi connectivity index (χ3v) is 7.26. The molecular weight excluding hydrogens is 462 g/mol. The van der Waals surface area contributed by atoms with Crippen LogP contribution < -0.4 is 10.6 Å². The summed E-state index contributed by atoms with van der Waals surface area (Å²) in [5.74, 6) is 1.46. The SMILES string of the molecule is Cc1nc(Nc2cn[nH]c2C(=O)Nc2ccc(CN3CCOCC3)cc2)c2cc(C(C)C)sc2n1. The Bertz CT molecular complexity index is 1320. The fourth-order valence-corrected chi connectivity index (χ4v) is 5.09. The molecule has 5 rings (SSSR count). The summed E-state index contributed by atoms with van der Waals surface area (Å²) in [5, 5.41) is 14.1. The predicted molar refractivity (Wildman–Crippen MR) is 139 cm³/mol. The number of rotatable bonds is 7. The molecule has 4 heterocycles. The van der Waals surface area contributed by atoms with Crippen molar-refractivity contribution in [1.82, 2.24) is 25.1 Å². The van der Waals surface area contributed by atoms with Gasteiger partial charge in [0.1, 0.15) is 22.2 Å². The number of amides is 1. The number of aryl methyl sites for hydroxylation is 1. The van der Waals surface area contributed by atoms with Gasteiger partial charge in [0.2, 0.25) is 0 Å². The maximum atomic E-state index is 13.0. The number of ether oxygens (including phenoxy) is 1. The Kier molecular flexibility index (Phi) is 6.76. The first kappa shape index (κ1) is 23.4. The number of carbonyl (C=O) groups excluding carboxylic acids is 1. The number of thiophene rings is 1. The molecular formula is C25H29N7O2S. The molecule has 3 aromatic heterocycles. The van der Waals surface area contributed by atoms with E-state index in [-0.39, 0.29) is 5.91 Å². The van der Waals surface area contributed by atoms with Gasteiger partial charge in [0, 0.05) is 30.2 Å². The molecule has 1 amide bonds. The maximum Gasteiger partial charge on any atom is 0.275 e. The summed E-state index contributed by atoms with van der Waals surface area (Å²) in [4.78, 5) is 26.7. The Morgan fingerprint density at radius 2 is 1.97 bits per heavy atom. The van der Waals surface area contributed by atoms with Crippen LogP contribution in [0.4, 0.5) is 17.2 Å². The molecule has 1 fully saturated rings. The summed E-state index contributed by atoms with van der Waals surface area (Å²) in [6.45, 7) is 10.5. The highest BCUT2D eigenvalue weighted by molar-refractivity contribution is 7.18. The highest BCUT2D eigenvalue weighted by atomic mass is 32.1. The lowest BCUT2D eigenvalue weighted by Crippen LogP contribution is -2.35. The number of morpholine rings is 1. The molecule has 4 aromatic rings. The zero-order valence-electron chi connectivity index (χ0n) is 20.1. The van der Waals surface area contributed by atoms with E-state index in [1.165, 1.54) is 10.4 Å². The maximum absolute atomic E-state index is 13.0. The minimum Gasteiger partial charge on any atom is -0.379 e. The van der Waals surface area contributed by atoms with Crippen LogP contribution in [0.15, 0.2) is 36.5 Å². The van der Waals surface area contributed by atoms with Crippen molar-refractivity contribution in [3.8, 4) is 0 Å². The molecule has 10 heteroatoms. The molecule has 182 valence electrons. The number of nitrogens with one attached hydrogen (secondary N) is 3. The van der Waals surface area contributed by atoms with Crippen molar-refractivity contribution >= 4 is 44.7 Å². The van der Waals surface area contributed by atoms with E-state index in [1.807, 2.05) is 31.2 Å². The topological polar surface area (TPSA) is 108 Å². The van der Waals surface area contributed by atoms with E-state index >= 15 is 0 Å². The summed E-state index contributed by atoms with van der Waals surface area (Å²) < 4.78 is 5.41. The molecule has 0 spiro atoms. The minimum atomic E-state index is -0.277. The lowest BCUT2D eigenvalue weighted by Gasteiger charge is -2.26. The monoisotopic (exact) mass is 491 g/mol. The van der Waals surface area contributed by atoms with Crippen molar-refractivity contribution in [2.45, 2.75) is 33.2 Å². The van der Waals surface area contributed by atoms with Crippen LogP contribution in [0.2, 0.25) is 0 Å². The van der Waals surface area contributed by atoms with Gasteiger partial charge in [0.15, 0.2) is 0 Å². The summed E-state index contributed by atoms with van der Waals surface area (Å²) in [6, 6.07) is 10.0. The van der Waals surface area contributed by atoms with Crippen molar-refractivity contribution < 1.29 is 9.53 Å². The molecule has 1 saturated heterocycles. The Morgan fingerprint density at radius 3 is 2.71 bits per heavy atom. The summed E-state index contributed by atoms with van der Waals surface area (Å²) in [5.41, 5.74) is 2.82. The number of aromatic nitrogens is 4. The van der Waals surface area contributed by atoms with Crippen LogP contribution in [-0.2, 0) is 11.3 Å². The van der Waals surface area contributed by atoms with Gasteiger partial charge < -0.3 is 15.4 Å². The van der Waals surface area contributed by atoms with Crippen LogP contribution >= 0.6 is 11.3 Å². The van der Waals surface area contributed by atoms with Gasteiger partial charge in [-0.2, -0.15) is 5.10 Å². The van der Waals surface area contributed by atoms with Crippen LogP contribution in [0.25, 0.3) is 10.2 Å². The number of anilines is 3. The quantitative estimate of drug-likeness (QED) is 0.345. The van der Waals surface area contributed by atoms with E-state index in [9.17, 15) is 4.79 Å². The van der Waals surface area contributed by atoms with Gasteiger partial charge in [-0.1, -0.05) is 26.0 Å². The highest BCUT2D eigenvalue weighted by Crippen LogP contribution is 2.34. The average Bonchev–Trinajstić information content (AvgIpc) is 3.48. The second-order valence-corrected chi connectivity index (χ2v) is 10.0. The first-order valence-corrected chi connectivity index (χ1v) is 12.6. The number of hydrogen-bond acceptors (Lipinski definition) is 8. The third kappa shape index (κ3) is 5.34. The standard InChI is InChI=1S/C25H29N7O2S/c1-15(2)21-12-19-23(27-16(3)28-25(19)35-21)30-20-13-26-31-22(20)24(33)29-18-6-4-17(5-7-18)14-32-8-10-34-11-9-32/h4-7,12-13,15H,8-11,14H2,1-3H3,(H,26,31)(H,29,33)(H,27,28,30). The summed E-state index contributed by atoms with van der Waals surface area (Å²) >= 11 is 1.67. The zero-order valence-corrected chi connectivity index (χ0v) is 20.9. The molecule has 0 aliphatic carbocycles. The molecule has 1 aliphatic rings. The third-order valence-electron chi connectivity index (χ3n) is 5.93. The minimum absolute atomic E-state index is 0.277. The number of carbonyl (C=O) groups is 1. The fraction of sp³-hybridized carbons (Fsp3) is 0.360. The molecule has 3 N–H and O–H groups in total. The average molecular weight is 492 g/mol. The fourth-order valence-electron chi connectivity index (χ4n) is 4.01. The molecule has 1 aromatic carbocycles. The van der Waals surface area contributed by atoms with Crippen molar-refractivity contribution in [2.75, 3.05) is 36.9 Å². The van der Waals surface area contributed by atoms with E-state index in [2.05, 4.69) is 55.6 Å². The van der Waals surface area contributed by atoms with E-state index in [4.69, 9.17) is 4.74 Å². The molecule has 0 bridgehead atoms. The molecule has 1 aliphatic heterocycles. The smallest absolute Gasteiger partial charge is 0.275 e. The molecule has 0 unspecified atom stereocenters. The van der Waals surface area contributed by atoms with Crippen molar-refractivity contribution in [3.05, 3.63) is 58.5 Å². The number of nitrogens with zero attached hydrogens (tertiary/aromatic N) is 4. The number of fused-ring (bicyclic) bond motifs is 1. The number of aromatic amines is 1. The van der Waals surface area contributed by atoms with Crippen molar-refractivity contribution in [3.63, 3.8) is 0 Å². The molecule has 9 nitrogen and oxygen atoms in total. The molecule has 0 radical (unpaired) electrons. The van der Waals surface area contributed by atoms with Crippen LogP contribution in [0.5, 0.6) is 0 Å². The van der Waals surface area contributed by atoms with E-state index in [1.54, 1.807) is 17.5 Å². The normalized spacial score (nSPS) is 14.5. The number of benzene rings is 1. The summed E-state index contributed by atoms with van der Waals surface area (Å²) in [7, 11) is 0. The lowest BCUT2D eigenvalue weighted by atomic mass is 10.1. The highest BCUT2D eigenvalue weighted by Gasteiger charge is 2.18. The first-order valence-electron chi connectivity index (χ1n) is 11.7. The second kappa shape index (κ2) is 10.1. The largest absolute Gasteiger partial charge is 0.379 e. The van der Waals surface area contributed by atoms with Gasteiger partial charge in [-0.25, -0.2) is 9.97 Å². The van der Waals surface area contributed by atoms with Gasteiger partial charge in [-0.05, 0) is 36.6 Å². The van der Waals surface area contributed by atoms with E-state index < -0.39 is 0 Å². The van der Waals surface area contributed by atoms with Crippen LogP contribution in [0, 0.1) is 6.92 Å². The van der Waals surface area contributed by atoms with Gasteiger partial charge in [-0.3, -0.25) is 14.8 Å². The van der Waals surface area contributed by atoms with E-state index in [0.717, 1.165) is 48.8 Å². The Labute approximate surface area is 207 Å². The predicted octanol–water partition coefficient (Wildman–Crippen LogP) is 4.67. The van der Waals surface area contributed by atoms with Crippen molar-refractivity contribution in [2.24, 2.45) is 0 Å². The van der Waals surface area contributed by atoms with Crippen molar-refractivity contribution in [1.29, 1.82) is 0 Å². The van der Waals surface area contributed by atoms with Crippen LogP contribution in [0.1, 0.15) is 46.5 Å². The van der Waals surface area contributed by atoms with Gasteiger partial charge in [0.25, 0.3) is 5.91 Å². The Morgan fingerprint density at radius 1 is 1.20 bits per heavy atom. The lowest BCUT2D eigenvalue weighted by molar-refractivity contribution is 0.0342. The number of hydrogen-bond donors (Lipinski definition) is 3. The van der Waals surface area contributed by atoms with E-state index in [0.29, 0.717) is 28.9 Å². The molecule has 0 saturated carbocycles. The summed E-state index contributed by atoms with van der Waals surface area (Å²) in [6.07, 6.45) is 1.60.